The van der Waals surface area contributed by atoms with Crippen molar-refractivity contribution in [2.45, 2.75) is 34.1 Å². The van der Waals surface area contributed by atoms with E-state index in [1.807, 2.05) is 49.9 Å². The van der Waals surface area contributed by atoms with E-state index in [1.165, 1.54) is 5.56 Å². The van der Waals surface area contributed by atoms with Gasteiger partial charge < -0.3 is 4.57 Å². The SMILES string of the molecule is [2H]C(C(=O)C(C)C)c1cn(-c2ccc(C)cc2)cc1C. The molecule has 0 N–H and O–H groups in total. The van der Waals surface area contributed by atoms with E-state index in [-0.39, 0.29) is 11.7 Å². The number of hydrogen-bond acceptors (Lipinski definition) is 1. The molecule has 1 aromatic carbocycles. The highest BCUT2D eigenvalue weighted by atomic mass is 16.1. The van der Waals surface area contributed by atoms with Crippen molar-refractivity contribution in [2.24, 2.45) is 5.92 Å². The second kappa shape index (κ2) is 5.43. The minimum Gasteiger partial charge on any atom is -0.323 e. The van der Waals surface area contributed by atoms with Gasteiger partial charge in [-0.1, -0.05) is 31.5 Å². The average Bonchev–Trinajstić information content (AvgIpc) is 2.79. The number of hydrogen-bond donors (Lipinski definition) is 0. The van der Waals surface area contributed by atoms with Crippen LogP contribution in [-0.4, -0.2) is 10.4 Å². The lowest BCUT2D eigenvalue weighted by Crippen LogP contribution is -2.10. The maximum Gasteiger partial charge on any atom is 0.139 e. The van der Waals surface area contributed by atoms with Crippen molar-refractivity contribution >= 4 is 5.78 Å². The molecule has 0 saturated carbocycles. The number of nitrogens with zero attached hydrogens (tertiary/aromatic N) is 1. The van der Waals surface area contributed by atoms with Gasteiger partial charge in [0.1, 0.15) is 5.78 Å². The van der Waals surface area contributed by atoms with Crippen LogP contribution >= 0.6 is 0 Å². The van der Waals surface area contributed by atoms with Gasteiger partial charge in [0.25, 0.3) is 0 Å². The van der Waals surface area contributed by atoms with Gasteiger partial charge in [-0.05, 0) is 37.1 Å². The Morgan fingerprint density at radius 3 is 2.42 bits per heavy atom. The first-order chi connectivity index (χ1) is 9.40. The summed E-state index contributed by atoms with van der Waals surface area (Å²) in [4.78, 5) is 12.0. The van der Waals surface area contributed by atoms with E-state index >= 15 is 0 Å². The van der Waals surface area contributed by atoms with Crippen molar-refractivity contribution in [1.82, 2.24) is 4.57 Å². The van der Waals surface area contributed by atoms with Gasteiger partial charge in [0.2, 0.25) is 0 Å². The average molecular weight is 256 g/mol. The van der Waals surface area contributed by atoms with Crippen molar-refractivity contribution in [2.75, 3.05) is 0 Å². The highest BCUT2D eigenvalue weighted by Gasteiger charge is 2.12. The molecule has 0 aliphatic heterocycles. The van der Waals surface area contributed by atoms with Crippen molar-refractivity contribution in [3.63, 3.8) is 0 Å². The van der Waals surface area contributed by atoms with Crippen molar-refractivity contribution in [3.8, 4) is 5.69 Å². The summed E-state index contributed by atoms with van der Waals surface area (Å²) < 4.78 is 10.1. The van der Waals surface area contributed by atoms with Crippen LogP contribution in [0.5, 0.6) is 0 Å². The molecule has 1 unspecified atom stereocenters. The molecule has 0 amide bonds. The van der Waals surface area contributed by atoms with E-state index in [4.69, 9.17) is 1.37 Å². The molecule has 0 spiro atoms. The molecule has 2 rings (SSSR count). The Morgan fingerprint density at radius 1 is 1.21 bits per heavy atom. The highest BCUT2D eigenvalue weighted by molar-refractivity contribution is 5.82. The third-order valence-electron chi connectivity index (χ3n) is 3.27. The van der Waals surface area contributed by atoms with Crippen LogP contribution in [0.25, 0.3) is 5.69 Å². The summed E-state index contributed by atoms with van der Waals surface area (Å²) in [5.74, 6) is -0.144. The molecule has 0 aliphatic rings. The van der Waals surface area contributed by atoms with Crippen LogP contribution in [0.2, 0.25) is 0 Å². The molecule has 100 valence electrons. The van der Waals surface area contributed by atoms with Gasteiger partial charge in [-0.2, -0.15) is 0 Å². The van der Waals surface area contributed by atoms with E-state index in [0.717, 1.165) is 16.8 Å². The zero-order valence-electron chi connectivity index (χ0n) is 13.0. The number of rotatable bonds is 4. The number of carbonyl (C=O) groups excluding carboxylic acids is 1. The van der Waals surface area contributed by atoms with E-state index < -0.39 is 6.40 Å². The van der Waals surface area contributed by atoms with E-state index in [9.17, 15) is 4.79 Å². The predicted molar refractivity (Wildman–Crippen MR) is 78.8 cm³/mol. The van der Waals surface area contributed by atoms with Crippen molar-refractivity contribution in [3.05, 3.63) is 53.3 Å². The molecule has 0 bridgehead atoms. The fourth-order valence-electron chi connectivity index (χ4n) is 1.91. The molecular weight excluding hydrogens is 234 g/mol. The summed E-state index contributed by atoms with van der Waals surface area (Å²) in [5.41, 5.74) is 4.05. The first kappa shape index (κ1) is 12.2. The Bertz CT molecular complexity index is 610. The summed E-state index contributed by atoms with van der Waals surface area (Å²) in [6.07, 6.45) is 3.09. The summed E-state index contributed by atoms with van der Waals surface area (Å²) in [6, 6.07) is 8.20. The number of Topliss-reactive ketones (excluding diaryl/α,β-unsaturated/α-hetero) is 1. The van der Waals surface area contributed by atoms with Crippen LogP contribution in [0, 0.1) is 19.8 Å². The van der Waals surface area contributed by atoms with Gasteiger partial charge in [-0.15, -0.1) is 0 Å². The summed E-state index contributed by atoms with van der Waals surface area (Å²) in [5, 5.41) is 0. The van der Waals surface area contributed by atoms with Gasteiger partial charge >= 0.3 is 0 Å². The topological polar surface area (TPSA) is 22.0 Å². The fraction of sp³-hybridized carbons (Fsp3) is 0.353. The van der Waals surface area contributed by atoms with Crippen LogP contribution < -0.4 is 0 Å². The van der Waals surface area contributed by atoms with Gasteiger partial charge in [0, 0.05) is 31.8 Å². The number of carbonyl (C=O) groups is 1. The Labute approximate surface area is 116 Å². The monoisotopic (exact) mass is 256 g/mol. The van der Waals surface area contributed by atoms with E-state index in [2.05, 4.69) is 19.1 Å². The molecule has 0 saturated heterocycles. The first-order valence-electron chi connectivity index (χ1n) is 7.19. The second-order valence-electron chi connectivity index (χ2n) is 5.34. The first-order valence-corrected chi connectivity index (χ1v) is 6.61. The molecule has 1 heterocycles. The molecule has 2 aromatic rings. The van der Waals surface area contributed by atoms with Crippen molar-refractivity contribution in [1.29, 1.82) is 0 Å². The fourth-order valence-corrected chi connectivity index (χ4v) is 1.91. The molecule has 1 aromatic heterocycles. The zero-order valence-corrected chi connectivity index (χ0v) is 12.0. The molecule has 0 aliphatic carbocycles. The number of aromatic nitrogens is 1. The van der Waals surface area contributed by atoms with Gasteiger partial charge in [0.05, 0.1) is 0 Å². The van der Waals surface area contributed by atoms with Crippen LogP contribution in [0.3, 0.4) is 0 Å². The number of aryl methyl sites for hydroxylation is 2. The molecule has 0 radical (unpaired) electrons. The Balaban J connectivity index is 2.34. The van der Waals surface area contributed by atoms with Crippen LogP contribution in [-0.2, 0) is 11.2 Å². The largest absolute Gasteiger partial charge is 0.323 e. The standard InChI is InChI=1S/C17H21NO/c1-12(2)17(19)9-15-11-18(10-14(15)4)16-7-5-13(3)6-8-16/h5-8,10-12H,9H2,1-4H3/i9D. The van der Waals surface area contributed by atoms with Gasteiger partial charge in [-0.25, -0.2) is 0 Å². The Morgan fingerprint density at radius 2 is 1.84 bits per heavy atom. The molecule has 19 heavy (non-hydrogen) atoms. The number of benzene rings is 1. The van der Waals surface area contributed by atoms with Crippen LogP contribution in [0.1, 0.15) is 31.9 Å². The summed E-state index contributed by atoms with van der Waals surface area (Å²) in [7, 11) is 0. The summed E-state index contributed by atoms with van der Waals surface area (Å²) in [6.45, 7) is 7.69. The minimum atomic E-state index is -0.790. The smallest absolute Gasteiger partial charge is 0.139 e. The Hall–Kier alpha value is -1.83. The lowest BCUT2D eigenvalue weighted by atomic mass is 10.0. The number of ketones is 1. The van der Waals surface area contributed by atoms with Crippen molar-refractivity contribution < 1.29 is 6.17 Å². The Kier molecular flexibility index (Phi) is 3.49. The van der Waals surface area contributed by atoms with E-state index in [0.29, 0.717) is 0 Å². The van der Waals surface area contributed by atoms with Gasteiger partial charge in [-0.3, -0.25) is 4.79 Å². The lowest BCUT2D eigenvalue weighted by Gasteiger charge is -2.04. The molecule has 0 fully saturated rings. The predicted octanol–water partition coefficient (Wildman–Crippen LogP) is 3.86. The third-order valence-corrected chi connectivity index (χ3v) is 3.27. The van der Waals surface area contributed by atoms with E-state index in [1.54, 1.807) is 0 Å². The lowest BCUT2D eigenvalue weighted by molar-refractivity contribution is -0.121. The third kappa shape index (κ3) is 3.14. The molecule has 1 atom stereocenters. The highest BCUT2D eigenvalue weighted by Crippen LogP contribution is 2.17. The molecule has 2 heteroatoms. The molecule has 2 nitrogen and oxygen atoms in total. The minimum absolute atomic E-state index is 0.0326. The molecular formula is C17H21NO. The maximum atomic E-state index is 12.0. The summed E-state index contributed by atoms with van der Waals surface area (Å²) >= 11 is 0. The normalized spacial score (nSPS) is 13.4. The van der Waals surface area contributed by atoms with Gasteiger partial charge in [0.15, 0.2) is 0 Å². The maximum absolute atomic E-state index is 12.0. The van der Waals surface area contributed by atoms with Crippen LogP contribution in [0.15, 0.2) is 36.7 Å². The zero-order chi connectivity index (χ0) is 14.9. The van der Waals surface area contributed by atoms with Crippen LogP contribution in [0.4, 0.5) is 0 Å². The quantitative estimate of drug-likeness (QED) is 0.814. The second-order valence-corrected chi connectivity index (χ2v) is 5.34.